The van der Waals surface area contributed by atoms with Gasteiger partial charge in [-0.1, -0.05) is 6.07 Å². The Bertz CT molecular complexity index is 326. The van der Waals surface area contributed by atoms with Gasteiger partial charge in [0.2, 0.25) is 0 Å². The molecule has 0 aliphatic carbocycles. The third-order valence-electron chi connectivity index (χ3n) is 2.23. The molecule has 0 atom stereocenters. The summed E-state index contributed by atoms with van der Waals surface area (Å²) in [4.78, 5) is 4.82. The fraction of sp³-hybridized carbons (Fsp3) is 0.455. The van der Waals surface area contributed by atoms with E-state index in [2.05, 4.69) is 5.48 Å². The smallest absolute Gasteiger partial charge is 0.130 e. The van der Waals surface area contributed by atoms with E-state index in [0.29, 0.717) is 6.54 Å². The Morgan fingerprint density at radius 2 is 1.87 bits per heavy atom. The lowest BCUT2D eigenvalue weighted by Gasteiger charge is -2.15. The number of hydroxylamine groups is 1. The molecule has 1 aromatic rings. The fourth-order valence-electron chi connectivity index (χ4n) is 1.51. The molecule has 0 bridgehead atoms. The Morgan fingerprint density at radius 3 is 2.40 bits per heavy atom. The van der Waals surface area contributed by atoms with Crippen molar-refractivity contribution in [1.29, 1.82) is 0 Å². The lowest BCUT2D eigenvalue weighted by Crippen LogP contribution is -2.13. The first-order chi connectivity index (χ1) is 7.24. The second-order valence-electron chi connectivity index (χ2n) is 3.12. The first kappa shape index (κ1) is 11.8. The van der Waals surface area contributed by atoms with Crippen LogP contribution in [0.2, 0.25) is 0 Å². The summed E-state index contributed by atoms with van der Waals surface area (Å²) >= 11 is 0. The molecule has 0 aromatic heterocycles. The van der Waals surface area contributed by atoms with Crippen molar-refractivity contribution in [3.63, 3.8) is 0 Å². The van der Waals surface area contributed by atoms with Crippen LogP contribution < -0.4 is 15.0 Å². The predicted octanol–water partition coefficient (Wildman–Crippen LogP) is 1.66. The highest BCUT2D eigenvalue weighted by Crippen LogP contribution is 2.31. The number of benzene rings is 1. The van der Waals surface area contributed by atoms with Crippen LogP contribution in [0.4, 0.5) is 0 Å². The van der Waals surface area contributed by atoms with Gasteiger partial charge in [-0.15, -0.1) is 0 Å². The topological polar surface area (TPSA) is 39.7 Å². The molecule has 4 heteroatoms. The molecule has 0 amide bonds. The zero-order valence-corrected chi connectivity index (χ0v) is 9.59. The second kappa shape index (κ2) is 5.58. The first-order valence-electron chi connectivity index (χ1n) is 4.70. The molecular formula is C11H17NO3. The van der Waals surface area contributed by atoms with Gasteiger partial charge >= 0.3 is 0 Å². The van der Waals surface area contributed by atoms with Gasteiger partial charge < -0.3 is 14.3 Å². The molecule has 0 aliphatic rings. The van der Waals surface area contributed by atoms with E-state index in [-0.39, 0.29) is 0 Å². The number of ether oxygens (including phenoxy) is 2. The molecule has 0 radical (unpaired) electrons. The maximum atomic E-state index is 5.34. The average molecular weight is 211 g/mol. The van der Waals surface area contributed by atoms with Crippen molar-refractivity contribution in [2.45, 2.75) is 13.5 Å². The van der Waals surface area contributed by atoms with Crippen LogP contribution in [0, 0.1) is 6.92 Å². The van der Waals surface area contributed by atoms with Crippen LogP contribution in [0.5, 0.6) is 11.5 Å². The Hall–Kier alpha value is -1.26. The molecule has 1 rings (SSSR count). The SMILES string of the molecule is CONCc1c(OC)ccc(C)c1OC. The standard InChI is InChI=1S/C11H17NO3/c1-8-5-6-10(13-2)9(7-12-15-4)11(8)14-3/h5-6,12H,7H2,1-4H3. The number of aryl methyl sites for hydroxylation is 1. The summed E-state index contributed by atoms with van der Waals surface area (Å²) < 4.78 is 10.6. The third kappa shape index (κ3) is 2.61. The molecule has 0 fully saturated rings. The Labute approximate surface area is 90.1 Å². The van der Waals surface area contributed by atoms with Crippen LogP contribution in [-0.4, -0.2) is 21.3 Å². The van der Waals surface area contributed by atoms with E-state index in [4.69, 9.17) is 14.3 Å². The minimum atomic E-state index is 0.546. The average Bonchev–Trinajstić information content (AvgIpc) is 2.26. The van der Waals surface area contributed by atoms with E-state index in [9.17, 15) is 0 Å². The summed E-state index contributed by atoms with van der Waals surface area (Å²) in [5, 5.41) is 0. The van der Waals surface area contributed by atoms with Crippen molar-refractivity contribution in [2.75, 3.05) is 21.3 Å². The number of nitrogens with one attached hydrogen (secondary N) is 1. The number of hydrogen-bond acceptors (Lipinski definition) is 4. The molecule has 15 heavy (non-hydrogen) atoms. The van der Waals surface area contributed by atoms with Gasteiger partial charge in [-0.05, 0) is 18.6 Å². The molecule has 0 saturated heterocycles. The summed E-state index contributed by atoms with van der Waals surface area (Å²) in [5.74, 6) is 1.63. The first-order valence-corrected chi connectivity index (χ1v) is 4.70. The third-order valence-corrected chi connectivity index (χ3v) is 2.23. The molecule has 84 valence electrons. The molecule has 1 aromatic carbocycles. The van der Waals surface area contributed by atoms with E-state index >= 15 is 0 Å². The summed E-state index contributed by atoms with van der Waals surface area (Å²) in [5.41, 5.74) is 4.82. The van der Waals surface area contributed by atoms with Crippen LogP contribution in [0.25, 0.3) is 0 Å². The van der Waals surface area contributed by atoms with Gasteiger partial charge in [-0.3, -0.25) is 0 Å². The van der Waals surface area contributed by atoms with Crippen LogP contribution in [0.15, 0.2) is 12.1 Å². The highest BCUT2D eigenvalue weighted by molar-refractivity contribution is 5.49. The van der Waals surface area contributed by atoms with Crippen LogP contribution in [0.1, 0.15) is 11.1 Å². The normalized spacial score (nSPS) is 10.1. The maximum absolute atomic E-state index is 5.34. The second-order valence-corrected chi connectivity index (χ2v) is 3.12. The van der Waals surface area contributed by atoms with E-state index < -0.39 is 0 Å². The molecule has 0 aliphatic heterocycles. The van der Waals surface area contributed by atoms with Crippen molar-refractivity contribution in [3.8, 4) is 11.5 Å². The lowest BCUT2D eigenvalue weighted by molar-refractivity contribution is 0.0855. The lowest BCUT2D eigenvalue weighted by atomic mass is 10.1. The molecular weight excluding hydrogens is 194 g/mol. The van der Waals surface area contributed by atoms with Gasteiger partial charge in [-0.25, -0.2) is 0 Å². The zero-order valence-electron chi connectivity index (χ0n) is 9.59. The summed E-state index contributed by atoms with van der Waals surface area (Å²) in [6.45, 7) is 2.54. The summed E-state index contributed by atoms with van der Waals surface area (Å²) in [7, 11) is 4.87. The Kier molecular flexibility index (Phi) is 4.39. The van der Waals surface area contributed by atoms with Crippen molar-refractivity contribution < 1.29 is 14.3 Å². The highest BCUT2D eigenvalue weighted by Gasteiger charge is 2.11. The van der Waals surface area contributed by atoms with Gasteiger partial charge in [0.15, 0.2) is 0 Å². The number of rotatable bonds is 5. The van der Waals surface area contributed by atoms with Gasteiger partial charge in [0, 0.05) is 0 Å². The molecule has 1 N–H and O–H groups in total. The summed E-state index contributed by atoms with van der Waals surface area (Å²) in [6.07, 6.45) is 0. The minimum absolute atomic E-state index is 0.546. The maximum Gasteiger partial charge on any atom is 0.130 e. The van der Waals surface area contributed by atoms with Crippen LogP contribution in [0.3, 0.4) is 0 Å². The van der Waals surface area contributed by atoms with Crippen LogP contribution in [-0.2, 0) is 11.4 Å². The van der Waals surface area contributed by atoms with E-state index in [0.717, 1.165) is 22.6 Å². The Morgan fingerprint density at radius 1 is 1.13 bits per heavy atom. The largest absolute Gasteiger partial charge is 0.496 e. The Balaban J connectivity index is 3.09. The van der Waals surface area contributed by atoms with Crippen molar-refractivity contribution in [2.24, 2.45) is 0 Å². The zero-order chi connectivity index (χ0) is 11.3. The van der Waals surface area contributed by atoms with Crippen molar-refractivity contribution in [3.05, 3.63) is 23.3 Å². The van der Waals surface area contributed by atoms with Gasteiger partial charge in [0.1, 0.15) is 11.5 Å². The molecule has 0 heterocycles. The van der Waals surface area contributed by atoms with Crippen molar-refractivity contribution in [1.82, 2.24) is 5.48 Å². The monoisotopic (exact) mass is 211 g/mol. The quantitative estimate of drug-likeness (QED) is 0.752. The van der Waals surface area contributed by atoms with Crippen molar-refractivity contribution >= 4 is 0 Å². The molecule has 4 nitrogen and oxygen atoms in total. The van der Waals surface area contributed by atoms with E-state index in [1.54, 1.807) is 21.3 Å². The molecule has 0 saturated carbocycles. The minimum Gasteiger partial charge on any atom is -0.496 e. The van der Waals surface area contributed by atoms with E-state index in [1.165, 1.54) is 0 Å². The van der Waals surface area contributed by atoms with Gasteiger partial charge in [0.05, 0.1) is 33.4 Å². The molecule has 0 unspecified atom stereocenters. The fourth-order valence-corrected chi connectivity index (χ4v) is 1.51. The highest BCUT2D eigenvalue weighted by atomic mass is 16.6. The predicted molar refractivity (Wildman–Crippen MR) is 58.1 cm³/mol. The van der Waals surface area contributed by atoms with Gasteiger partial charge in [-0.2, -0.15) is 5.48 Å². The number of methoxy groups -OCH3 is 2. The molecule has 0 spiro atoms. The summed E-state index contributed by atoms with van der Waals surface area (Å²) in [6, 6.07) is 3.89. The van der Waals surface area contributed by atoms with E-state index in [1.807, 2.05) is 19.1 Å². The number of hydrogen-bond donors (Lipinski definition) is 1. The van der Waals surface area contributed by atoms with Crippen LogP contribution >= 0.6 is 0 Å². The van der Waals surface area contributed by atoms with Gasteiger partial charge in [0.25, 0.3) is 0 Å².